The maximum absolute atomic E-state index is 12.5. The predicted molar refractivity (Wildman–Crippen MR) is 120 cm³/mol. The van der Waals surface area contributed by atoms with E-state index in [0.717, 1.165) is 6.42 Å². The van der Waals surface area contributed by atoms with Crippen molar-refractivity contribution in [3.63, 3.8) is 0 Å². The summed E-state index contributed by atoms with van der Waals surface area (Å²) in [6.45, 7) is 2.51. The van der Waals surface area contributed by atoms with Gasteiger partial charge in [-0.1, -0.05) is 12.1 Å². The molecule has 1 unspecified atom stereocenters. The van der Waals surface area contributed by atoms with Crippen LogP contribution in [0.5, 0.6) is 23.0 Å². The molecule has 33 heavy (non-hydrogen) atoms. The van der Waals surface area contributed by atoms with E-state index in [1.54, 1.807) is 19.1 Å². The van der Waals surface area contributed by atoms with E-state index in [-0.39, 0.29) is 40.2 Å². The summed E-state index contributed by atoms with van der Waals surface area (Å²) in [6.07, 6.45) is 1.58. The average molecular weight is 457 g/mol. The number of aromatic hydroxyl groups is 4. The standard InChI is InChI=1S/C23H27N3O7/c1-13-18(26-23(33-13)15-8-6-10-17(28)20(15)30)22(32)25-12-4-2-3-11-24-21(31)14-7-5-9-16(27)19(14)29/h5-10,13,18,27-30H,2-4,11-12H2,1H3,(H,24,31)(H,25,32)/t13?,18-/m0/s1. The van der Waals surface area contributed by atoms with Gasteiger partial charge in [-0.05, 0) is 50.5 Å². The molecule has 0 aromatic heterocycles. The highest BCUT2D eigenvalue weighted by atomic mass is 16.5. The predicted octanol–water partition coefficient (Wildman–Crippen LogP) is 1.76. The Morgan fingerprint density at radius 1 is 0.909 bits per heavy atom. The van der Waals surface area contributed by atoms with Crippen molar-refractivity contribution in [2.45, 2.75) is 38.3 Å². The zero-order chi connectivity index (χ0) is 24.0. The van der Waals surface area contributed by atoms with Gasteiger partial charge < -0.3 is 35.8 Å². The van der Waals surface area contributed by atoms with Crippen LogP contribution in [0.15, 0.2) is 41.4 Å². The number of carbonyl (C=O) groups excluding carboxylic acids is 2. The van der Waals surface area contributed by atoms with Crippen molar-refractivity contribution in [3.05, 3.63) is 47.5 Å². The van der Waals surface area contributed by atoms with Crippen LogP contribution in [0, 0.1) is 0 Å². The van der Waals surface area contributed by atoms with Crippen molar-refractivity contribution >= 4 is 17.7 Å². The summed E-state index contributed by atoms with van der Waals surface area (Å²) in [5.74, 6) is -2.12. The molecule has 1 aliphatic heterocycles. The number of phenolic OH excluding ortho intramolecular Hbond substituents is 4. The molecule has 0 saturated heterocycles. The van der Waals surface area contributed by atoms with Crippen LogP contribution in [0.2, 0.25) is 0 Å². The fraction of sp³-hybridized carbons (Fsp3) is 0.348. The molecule has 2 aromatic carbocycles. The summed E-state index contributed by atoms with van der Waals surface area (Å²) < 4.78 is 5.60. The Morgan fingerprint density at radius 2 is 1.55 bits per heavy atom. The van der Waals surface area contributed by atoms with E-state index >= 15 is 0 Å². The van der Waals surface area contributed by atoms with Crippen LogP contribution in [0.4, 0.5) is 0 Å². The van der Waals surface area contributed by atoms with Crippen LogP contribution in [0.25, 0.3) is 0 Å². The quantitative estimate of drug-likeness (QED) is 0.247. The van der Waals surface area contributed by atoms with Gasteiger partial charge in [0.25, 0.3) is 5.91 Å². The fourth-order valence-corrected chi connectivity index (χ4v) is 3.37. The molecule has 2 aromatic rings. The van der Waals surface area contributed by atoms with Gasteiger partial charge in [0, 0.05) is 13.1 Å². The lowest BCUT2D eigenvalue weighted by Gasteiger charge is -2.13. The van der Waals surface area contributed by atoms with E-state index < -0.39 is 23.8 Å². The number of benzene rings is 2. The van der Waals surface area contributed by atoms with Crippen molar-refractivity contribution < 1.29 is 34.8 Å². The first-order chi connectivity index (χ1) is 15.8. The molecule has 6 N–H and O–H groups in total. The van der Waals surface area contributed by atoms with Crippen LogP contribution in [0.1, 0.15) is 42.1 Å². The van der Waals surface area contributed by atoms with Gasteiger partial charge >= 0.3 is 0 Å². The Bertz CT molecular complexity index is 1050. The Kier molecular flexibility index (Phi) is 7.60. The van der Waals surface area contributed by atoms with Crippen LogP contribution < -0.4 is 10.6 Å². The van der Waals surface area contributed by atoms with Crippen LogP contribution in [-0.4, -0.2) is 63.4 Å². The largest absolute Gasteiger partial charge is 0.504 e. The number of aliphatic imine (C=N–C) groups is 1. The summed E-state index contributed by atoms with van der Waals surface area (Å²) in [5.41, 5.74) is 0.229. The van der Waals surface area contributed by atoms with E-state index in [0.29, 0.717) is 25.9 Å². The van der Waals surface area contributed by atoms with Crippen LogP contribution in [0.3, 0.4) is 0 Å². The molecule has 0 radical (unpaired) electrons. The molecule has 1 heterocycles. The molecule has 2 amide bonds. The smallest absolute Gasteiger partial charge is 0.255 e. The molecule has 2 atom stereocenters. The van der Waals surface area contributed by atoms with E-state index in [2.05, 4.69) is 15.6 Å². The van der Waals surface area contributed by atoms with Gasteiger partial charge in [-0.15, -0.1) is 0 Å². The number of hydrogen-bond donors (Lipinski definition) is 6. The lowest BCUT2D eigenvalue weighted by molar-refractivity contribution is -0.123. The third kappa shape index (κ3) is 5.65. The van der Waals surface area contributed by atoms with Gasteiger partial charge in [-0.3, -0.25) is 9.59 Å². The minimum absolute atomic E-state index is 0.00845. The SMILES string of the molecule is CC1OC(c2cccc(O)c2O)=N[C@@H]1C(=O)NCCCCCNC(=O)c1cccc(O)c1O. The number of hydrogen-bond acceptors (Lipinski definition) is 8. The minimum Gasteiger partial charge on any atom is -0.504 e. The Morgan fingerprint density at radius 3 is 2.27 bits per heavy atom. The van der Waals surface area contributed by atoms with Gasteiger partial charge in [0.15, 0.2) is 29.0 Å². The van der Waals surface area contributed by atoms with Crippen molar-refractivity contribution in [2.75, 3.05) is 13.1 Å². The third-order valence-electron chi connectivity index (χ3n) is 5.21. The first-order valence-electron chi connectivity index (χ1n) is 10.6. The van der Waals surface area contributed by atoms with Gasteiger partial charge in [-0.25, -0.2) is 4.99 Å². The summed E-state index contributed by atoms with van der Waals surface area (Å²) in [6, 6.07) is 7.85. The first kappa shape index (κ1) is 23.7. The highest BCUT2D eigenvalue weighted by Crippen LogP contribution is 2.31. The van der Waals surface area contributed by atoms with Crippen molar-refractivity contribution in [1.82, 2.24) is 10.6 Å². The second-order valence-corrected chi connectivity index (χ2v) is 7.66. The number of nitrogens with zero attached hydrogens (tertiary/aromatic N) is 1. The van der Waals surface area contributed by atoms with Gasteiger partial charge in [-0.2, -0.15) is 0 Å². The number of carbonyl (C=O) groups is 2. The maximum atomic E-state index is 12.5. The molecule has 1 aliphatic rings. The monoisotopic (exact) mass is 457 g/mol. The highest BCUT2D eigenvalue weighted by molar-refractivity contribution is 6.01. The Hall–Kier alpha value is -3.95. The number of phenols is 4. The van der Waals surface area contributed by atoms with E-state index in [4.69, 9.17) is 4.74 Å². The molecule has 0 bridgehead atoms. The summed E-state index contributed by atoms with van der Waals surface area (Å²) in [5, 5.41) is 44.3. The number of amides is 2. The zero-order valence-electron chi connectivity index (χ0n) is 18.1. The van der Waals surface area contributed by atoms with Crippen LogP contribution in [-0.2, 0) is 9.53 Å². The number of rotatable bonds is 9. The Balaban J connectivity index is 1.38. The van der Waals surface area contributed by atoms with Gasteiger partial charge in [0.1, 0.15) is 6.10 Å². The van der Waals surface area contributed by atoms with Crippen molar-refractivity contribution in [1.29, 1.82) is 0 Å². The summed E-state index contributed by atoms with van der Waals surface area (Å²) >= 11 is 0. The van der Waals surface area contributed by atoms with E-state index in [9.17, 15) is 30.0 Å². The fourth-order valence-electron chi connectivity index (χ4n) is 3.37. The molecule has 0 spiro atoms. The lowest BCUT2D eigenvalue weighted by atomic mass is 10.1. The number of unbranched alkanes of at least 4 members (excludes halogenated alkanes) is 2. The van der Waals surface area contributed by atoms with E-state index in [1.807, 2.05) is 0 Å². The molecule has 0 saturated carbocycles. The minimum atomic E-state index is -0.768. The maximum Gasteiger partial charge on any atom is 0.255 e. The average Bonchev–Trinajstić information content (AvgIpc) is 3.18. The topological polar surface area (TPSA) is 161 Å². The van der Waals surface area contributed by atoms with Gasteiger partial charge in [0.2, 0.25) is 11.8 Å². The van der Waals surface area contributed by atoms with Crippen LogP contribution >= 0.6 is 0 Å². The molecule has 0 fully saturated rings. The number of para-hydroxylation sites is 2. The number of ether oxygens (including phenoxy) is 1. The summed E-state index contributed by atoms with van der Waals surface area (Å²) in [7, 11) is 0. The first-order valence-corrected chi connectivity index (χ1v) is 10.6. The summed E-state index contributed by atoms with van der Waals surface area (Å²) in [4.78, 5) is 28.8. The molecule has 10 nitrogen and oxygen atoms in total. The lowest BCUT2D eigenvalue weighted by Crippen LogP contribution is -2.38. The molecule has 3 rings (SSSR count). The second-order valence-electron chi connectivity index (χ2n) is 7.66. The molecule has 10 heteroatoms. The molecule has 0 aliphatic carbocycles. The molecular weight excluding hydrogens is 430 g/mol. The van der Waals surface area contributed by atoms with Crippen molar-refractivity contribution in [3.8, 4) is 23.0 Å². The highest BCUT2D eigenvalue weighted by Gasteiger charge is 2.34. The van der Waals surface area contributed by atoms with Gasteiger partial charge in [0.05, 0.1) is 11.1 Å². The number of nitrogens with one attached hydrogen (secondary N) is 2. The molecular formula is C23H27N3O7. The van der Waals surface area contributed by atoms with E-state index in [1.165, 1.54) is 24.3 Å². The Labute approximate surface area is 190 Å². The van der Waals surface area contributed by atoms with Crippen molar-refractivity contribution in [2.24, 2.45) is 4.99 Å². The zero-order valence-corrected chi connectivity index (χ0v) is 18.1. The normalized spacial score (nSPS) is 17.2. The third-order valence-corrected chi connectivity index (χ3v) is 5.21. The second kappa shape index (κ2) is 10.6. The molecule has 176 valence electrons.